The molecule has 8 bridgehead atoms. The Morgan fingerprint density at radius 2 is 1.23 bits per heavy atom. The number of esters is 1. The average molecular weight is 663 g/mol. The largest absolute Gasteiger partial charge is 0.481 e. The summed E-state index contributed by atoms with van der Waals surface area (Å²) in [5.74, 6) is -1.09. The second-order valence-corrected chi connectivity index (χ2v) is 19.5. The van der Waals surface area contributed by atoms with E-state index in [2.05, 4.69) is 62.7 Å². The Kier molecular flexibility index (Phi) is 9.91. The van der Waals surface area contributed by atoms with E-state index in [9.17, 15) is 14.7 Å². The molecule has 3 N–H and O–H groups in total. The fourth-order valence-corrected chi connectivity index (χ4v) is 7.02. The number of carbonyl (C=O) groups is 2. The minimum absolute atomic E-state index is 0.0186. The van der Waals surface area contributed by atoms with Gasteiger partial charge < -0.3 is 19.8 Å². The molecule has 2 aliphatic rings. The molecule has 9 heteroatoms. The minimum atomic E-state index is -1.33. The number of aryl methyl sites for hydroxylation is 2. The van der Waals surface area contributed by atoms with Crippen LogP contribution in [0.5, 0.6) is 0 Å². The summed E-state index contributed by atoms with van der Waals surface area (Å²) in [4.78, 5) is 41.8. The Hall–Kier alpha value is -4.76. The van der Waals surface area contributed by atoms with Gasteiger partial charge in [0.05, 0.1) is 29.4 Å². The topological polar surface area (TPSA) is 121 Å². The first kappa shape index (κ1) is 34.6. The van der Waals surface area contributed by atoms with Crippen LogP contribution >= 0.6 is 0 Å². The molecule has 2 aliphatic heterocycles. The molecule has 0 amide bonds. The van der Waals surface area contributed by atoms with Gasteiger partial charge in [0, 0.05) is 54.1 Å². The van der Waals surface area contributed by atoms with E-state index in [4.69, 9.17) is 14.7 Å². The summed E-state index contributed by atoms with van der Waals surface area (Å²) < 4.78 is 5.62. The normalized spacial score (nSPS) is 13.2. The van der Waals surface area contributed by atoms with Crippen molar-refractivity contribution in [2.75, 3.05) is 6.61 Å². The molecule has 8 nitrogen and oxygen atoms in total. The molecule has 5 rings (SSSR count). The van der Waals surface area contributed by atoms with Crippen LogP contribution in [-0.2, 0) is 14.3 Å². The van der Waals surface area contributed by atoms with Crippen LogP contribution in [0.15, 0.2) is 37.4 Å². The number of ether oxygens (including phenoxy) is 1. The molecule has 0 fully saturated rings. The highest BCUT2D eigenvalue weighted by atomic mass is 28.3. The van der Waals surface area contributed by atoms with Gasteiger partial charge in [0.1, 0.15) is 0 Å². The van der Waals surface area contributed by atoms with Crippen LogP contribution in [0.2, 0.25) is 25.7 Å². The highest BCUT2D eigenvalue weighted by Crippen LogP contribution is 2.38. The van der Waals surface area contributed by atoms with Crippen molar-refractivity contribution < 1.29 is 19.4 Å². The van der Waals surface area contributed by atoms with Gasteiger partial charge >= 0.3 is 11.9 Å². The zero-order valence-electron chi connectivity index (χ0n) is 29.2. The van der Waals surface area contributed by atoms with E-state index in [1.807, 2.05) is 44.2 Å². The minimum Gasteiger partial charge on any atom is -0.481 e. The second-order valence-electron chi connectivity index (χ2n) is 13.9. The molecule has 48 heavy (non-hydrogen) atoms. The maximum Gasteiger partial charge on any atom is 0.306 e. The molecule has 3 aromatic heterocycles. The van der Waals surface area contributed by atoms with Crippen LogP contribution in [0.1, 0.15) is 84.6 Å². The number of nitrogens with one attached hydrogen (secondary N) is 2. The molecule has 0 unspecified atom stereocenters. The van der Waals surface area contributed by atoms with Gasteiger partial charge in [0.25, 0.3) is 0 Å². The summed E-state index contributed by atoms with van der Waals surface area (Å²) in [6.07, 6.45) is 4.71. The number of aromatic nitrogens is 4. The van der Waals surface area contributed by atoms with Crippen LogP contribution in [0.3, 0.4) is 0 Å². The molecule has 250 valence electrons. The van der Waals surface area contributed by atoms with Gasteiger partial charge in [-0.15, -0.1) is 0 Å². The highest BCUT2D eigenvalue weighted by molar-refractivity contribution is 6.76. The van der Waals surface area contributed by atoms with Gasteiger partial charge in [0.15, 0.2) is 0 Å². The molecule has 0 radical (unpaired) electrons. The molecule has 0 aromatic carbocycles. The number of hydrogen-bond donors (Lipinski definition) is 3. The van der Waals surface area contributed by atoms with Gasteiger partial charge in [-0.2, -0.15) is 0 Å². The molecule has 0 aliphatic carbocycles. The van der Waals surface area contributed by atoms with Crippen LogP contribution in [0.25, 0.3) is 56.5 Å². The van der Waals surface area contributed by atoms with Crippen molar-refractivity contribution in [3.8, 4) is 0 Å². The van der Waals surface area contributed by atoms with Crippen LogP contribution in [-0.4, -0.2) is 51.7 Å². The van der Waals surface area contributed by atoms with Crippen LogP contribution in [0.4, 0.5) is 0 Å². The number of hydrogen-bond acceptors (Lipinski definition) is 5. The summed E-state index contributed by atoms with van der Waals surface area (Å²) in [5.41, 5.74) is 14.3. The molecule has 0 saturated heterocycles. The van der Waals surface area contributed by atoms with E-state index in [1.54, 1.807) is 0 Å². The molecular formula is C39H46N4O4Si. The molecule has 5 heterocycles. The summed E-state index contributed by atoms with van der Waals surface area (Å²) in [7, 11) is -1.33. The van der Waals surface area contributed by atoms with Crippen molar-refractivity contribution in [1.29, 1.82) is 0 Å². The van der Waals surface area contributed by atoms with Crippen LogP contribution in [0, 0.1) is 13.8 Å². The quantitative estimate of drug-likeness (QED) is 0.139. The van der Waals surface area contributed by atoms with Crippen LogP contribution < -0.4 is 0 Å². The first-order valence-electron chi connectivity index (χ1n) is 16.5. The predicted octanol–water partition coefficient (Wildman–Crippen LogP) is 9.61. The maximum atomic E-state index is 12.8. The van der Waals surface area contributed by atoms with Crippen molar-refractivity contribution in [2.45, 2.75) is 79.1 Å². The lowest BCUT2D eigenvalue weighted by molar-refractivity contribution is -0.143. The lowest BCUT2D eigenvalue weighted by Crippen LogP contribution is -2.22. The van der Waals surface area contributed by atoms with E-state index in [0.29, 0.717) is 30.8 Å². The smallest absolute Gasteiger partial charge is 0.306 e. The Labute approximate surface area is 283 Å². The zero-order valence-corrected chi connectivity index (χ0v) is 30.2. The number of H-pyrrole nitrogens is 2. The number of aliphatic carboxylic acids is 1. The van der Waals surface area contributed by atoms with Crippen molar-refractivity contribution in [2.24, 2.45) is 0 Å². The Bertz CT molecular complexity index is 2070. The molecule has 0 atom stereocenters. The fourth-order valence-electron chi connectivity index (χ4n) is 6.31. The summed E-state index contributed by atoms with van der Waals surface area (Å²) in [6.45, 7) is 23.5. The van der Waals surface area contributed by atoms with Crippen molar-refractivity contribution >= 4 is 76.5 Å². The van der Waals surface area contributed by atoms with E-state index in [-0.39, 0.29) is 18.8 Å². The van der Waals surface area contributed by atoms with Crippen molar-refractivity contribution in [3.63, 3.8) is 0 Å². The average Bonchev–Trinajstić information content (AvgIpc) is 3.67. The third-order valence-corrected chi connectivity index (χ3v) is 11.0. The Morgan fingerprint density at radius 3 is 1.73 bits per heavy atom. The standard InChI is InChI=1S/C39H46N4O4Si/c1-10-26-22(3)30-18-31-24(5)28(12-14-38(44)45)36(42-31)21-37-29(13-15-39(46)47-16-17-48(7,8)9)25(6)33(43-37)20-35-27(11-2)23(4)32(41-35)19-34(26)40-30/h10-11,18-21,40-41H,1-2,12-17H2,3-9H3,(H,44,45). The first-order valence-corrected chi connectivity index (χ1v) is 20.2. The number of rotatable bonds is 11. The summed E-state index contributed by atoms with van der Waals surface area (Å²) in [5, 5.41) is 9.57. The second kappa shape index (κ2) is 13.8. The molecule has 0 saturated carbocycles. The fraction of sp³-hybridized carbons (Fsp3) is 0.333. The van der Waals surface area contributed by atoms with Gasteiger partial charge in [0.2, 0.25) is 0 Å². The number of nitrogens with zero attached hydrogens (tertiary/aromatic N) is 2. The monoisotopic (exact) mass is 662 g/mol. The molecule has 0 spiro atoms. The maximum absolute atomic E-state index is 12.8. The number of carboxylic acid groups (broad SMARTS) is 1. The number of carbonyl (C=O) groups excluding carboxylic acids is 1. The lowest BCUT2D eigenvalue weighted by atomic mass is 9.98. The Balaban J connectivity index is 1.76. The third kappa shape index (κ3) is 7.21. The Morgan fingerprint density at radius 1 is 0.750 bits per heavy atom. The predicted molar refractivity (Wildman–Crippen MR) is 201 cm³/mol. The van der Waals surface area contributed by atoms with E-state index in [1.165, 1.54) is 0 Å². The highest BCUT2D eigenvalue weighted by Gasteiger charge is 2.23. The molecule has 3 aromatic rings. The van der Waals surface area contributed by atoms with Gasteiger partial charge in [-0.3, -0.25) is 9.59 Å². The lowest BCUT2D eigenvalue weighted by Gasteiger charge is -2.15. The van der Waals surface area contributed by atoms with Gasteiger partial charge in [-0.25, -0.2) is 9.97 Å². The SMILES string of the molecule is C=Cc1c(C)c2cc3[nH]c(cc4nc(cc5nc(cc1[nH]2)C(C)=C5CCC(=O)OCC[Si](C)(C)C)C(CCC(=O)O)=C4C)c(C)c3C=C. The first-order chi connectivity index (χ1) is 22.7. The zero-order chi connectivity index (χ0) is 34.9. The van der Waals surface area contributed by atoms with E-state index in [0.717, 1.165) is 84.0 Å². The van der Waals surface area contributed by atoms with Crippen molar-refractivity contribution in [1.82, 2.24) is 19.9 Å². The van der Waals surface area contributed by atoms with E-state index < -0.39 is 14.0 Å². The van der Waals surface area contributed by atoms with E-state index >= 15 is 0 Å². The van der Waals surface area contributed by atoms with Crippen molar-refractivity contribution in [3.05, 3.63) is 82.5 Å². The number of carboxylic acids is 1. The van der Waals surface area contributed by atoms with Gasteiger partial charge in [-0.05, 0) is 104 Å². The summed E-state index contributed by atoms with van der Waals surface area (Å²) >= 11 is 0. The number of aromatic amines is 2. The molecular weight excluding hydrogens is 617 g/mol. The number of fused-ring (bicyclic) bond motifs is 8. The third-order valence-electron chi connectivity index (χ3n) is 9.32. The van der Waals surface area contributed by atoms with Gasteiger partial charge in [-0.1, -0.05) is 45.0 Å². The number of allylic oxidation sites excluding steroid dienone is 4. The summed E-state index contributed by atoms with van der Waals surface area (Å²) in [6, 6.07) is 9.01.